The van der Waals surface area contributed by atoms with Gasteiger partial charge in [-0.25, -0.2) is 0 Å². The molecule has 2 heterocycles. The second-order valence-electron chi connectivity index (χ2n) is 4.03. The molecule has 3 heteroatoms. The van der Waals surface area contributed by atoms with Gasteiger partial charge in [-0.2, -0.15) is 5.26 Å². The van der Waals surface area contributed by atoms with Crippen molar-refractivity contribution < 1.29 is 0 Å². The van der Waals surface area contributed by atoms with Gasteiger partial charge in [0.1, 0.15) is 6.07 Å². The fraction of sp³-hybridized carbons (Fsp3) is 0. The molecule has 0 radical (unpaired) electrons. The number of fused-ring (bicyclic) bond motifs is 1. The normalized spacial score (nSPS) is 10.4. The third kappa shape index (κ3) is 1.66. The van der Waals surface area contributed by atoms with Crippen molar-refractivity contribution in [2.24, 2.45) is 0 Å². The highest BCUT2D eigenvalue weighted by molar-refractivity contribution is 6.33. The van der Waals surface area contributed by atoms with Crippen molar-refractivity contribution in [3.8, 4) is 17.2 Å². The Bertz CT molecular complexity index is 766. The van der Waals surface area contributed by atoms with E-state index >= 15 is 0 Å². The third-order valence-electron chi connectivity index (χ3n) is 2.95. The molecule has 0 bridgehead atoms. The minimum Gasteiger partial charge on any atom is -0.323 e. The van der Waals surface area contributed by atoms with Crippen molar-refractivity contribution in [1.29, 1.82) is 5.26 Å². The maximum Gasteiger partial charge on any atom is 0.101 e. The van der Waals surface area contributed by atoms with Gasteiger partial charge in [0, 0.05) is 34.1 Å². The Labute approximate surface area is 110 Å². The van der Waals surface area contributed by atoms with Gasteiger partial charge in [0.2, 0.25) is 0 Å². The molecule has 0 aliphatic rings. The molecule has 0 aliphatic carbocycles. The van der Waals surface area contributed by atoms with Crippen LogP contribution in [-0.2, 0) is 0 Å². The first kappa shape index (κ1) is 10.9. The van der Waals surface area contributed by atoms with E-state index in [-0.39, 0.29) is 0 Å². The monoisotopic (exact) mass is 252 g/mol. The van der Waals surface area contributed by atoms with E-state index < -0.39 is 0 Å². The number of nitriles is 1. The van der Waals surface area contributed by atoms with Gasteiger partial charge in [0.25, 0.3) is 0 Å². The van der Waals surface area contributed by atoms with Gasteiger partial charge in [0.05, 0.1) is 5.56 Å². The standard InChI is InChI=1S/C15H9ClN2/c16-15-6-2-1-5-13(15)14-8-12-4-3-7-18(12)10-11(14)9-17/h1-8,10H. The highest BCUT2D eigenvalue weighted by Crippen LogP contribution is 2.31. The molecule has 0 atom stereocenters. The van der Waals surface area contributed by atoms with E-state index in [9.17, 15) is 5.26 Å². The van der Waals surface area contributed by atoms with Gasteiger partial charge in [-0.3, -0.25) is 0 Å². The van der Waals surface area contributed by atoms with Crippen LogP contribution in [0, 0.1) is 11.3 Å². The average Bonchev–Trinajstić information content (AvgIpc) is 2.85. The van der Waals surface area contributed by atoms with Crippen molar-refractivity contribution in [3.63, 3.8) is 0 Å². The fourth-order valence-electron chi connectivity index (χ4n) is 2.07. The Hall–Kier alpha value is -2.24. The minimum absolute atomic E-state index is 0.617. The molecule has 0 aliphatic heterocycles. The number of nitrogens with zero attached hydrogens (tertiary/aromatic N) is 2. The van der Waals surface area contributed by atoms with Crippen LogP contribution in [0.2, 0.25) is 5.02 Å². The Morgan fingerprint density at radius 2 is 1.89 bits per heavy atom. The molecule has 0 saturated heterocycles. The smallest absolute Gasteiger partial charge is 0.101 e. The van der Waals surface area contributed by atoms with Crippen molar-refractivity contribution >= 4 is 17.1 Å². The molecule has 2 aromatic heterocycles. The highest BCUT2D eigenvalue weighted by Gasteiger charge is 2.09. The van der Waals surface area contributed by atoms with E-state index in [4.69, 9.17) is 11.6 Å². The summed E-state index contributed by atoms with van der Waals surface area (Å²) >= 11 is 6.20. The van der Waals surface area contributed by atoms with Crippen LogP contribution in [0.5, 0.6) is 0 Å². The first-order chi connectivity index (χ1) is 8.79. The van der Waals surface area contributed by atoms with Crippen molar-refractivity contribution in [1.82, 2.24) is 4.40 Å². The van der Waals surface area contributed by atoms with Gasteiger partial charge < -0.3 is 4.40 Å². The summed E-state index contributed by atoms with van der Waals surface area (Å²) in [6, 6.07) is 15.7. The number of hydrogen-bond donors (Lipinski definition) is 0. The lowest BCUT2D eigenvalue weighted by molar-refractivity contribution is 1.19. The summed E-state index contributed by atoms with van der Waals surface area (Å²) in [5.74, 6) is 0. The van der Waals surface area contributed by atoms with E-state index in [1.54, 1.807) is 0 Å². The number of halogens is 1. The van der Waals surface area contributed by atoms with Gasteiger partial charge in [0.15, 0.2) is 0 Å². The summed E-state index contributed by atoms with van der Waals surface area (Å²) in [5.41, 5.74) is 3.42. The maximum absolute atomic E-state index is 9.26. The molecule has 0 amide bonds. The van der Waals surface area contributed by atoms with Gasteiger partial charge in [-0.15, -0.1) is 0 Å². The van der Waals surface area contributed by atoms with E-state index in [0.29, 0.717) is 10.6 Å². The first-order valence-electron chi connectivity index (χ1n) is 5.55. The van der Waals surface area contributed by atoms with Gasteiger partial charge in [-0.05, 0) is 24.3 Å². The molecule has 0 fully saturated rings. The number of aromatic nitrogens is 1. The maximum atomic E-state index is 9.26. The summed E-state index contributed by atoms with van der Waals surface area (Å²) < 4.78 is 1.93. The number of rotatable bonds is 1. The minimum atomic E-state index is 0.617. The lowest BCUT2D eigenvalue weighted by atomic mass is 10.0. The predicted molar refractivity (Wildman–Crippen MR) is 72.6 cm³/mol. The van der Waals surface area contributed by atoms with Crippen LogP contribution in [-0.4, -0.2) is 4.40 Å². The molecular weight excluding hydrogens is 244 g/mol. The van der Waals surface area contributed by atoms with Gasteiger partial charge in [-0.1, -0.05) is 29.8 Å². The van der Waals surface area contributed by atoms with Crippen LogP contribution >= 0.6 is 11.6 Å². The highest BCUT2D eigenvalue weighted by atomic mass is 35.5. The average molecular weight is 253 g/mol. The zero-order chi connectivity index (χ0) is 12.5. The summed E-state index contributed by atoms with van der Waals surface area (Å²) in [6.07, 6.45) is 3.75. The molecule has 0 spiro atoms. The molecule has 18 heavy (non-hydrogen) atoms. The van der Waals surface area contributed by atoms with Crippen molar-refractivity contribution in [2.75, 3.05) is 0 Å². The number of benzene rings is 1. The zero-order valence-corrected chi connectivity index (χ0v) is 10.2. The Kier molecular flexibility index (Phi) is 2.55. The topological polar surface area (TPSA) is 28.2 Å². The number of pyridine rings is 1. The summed E-state index contributed by atoms with van der Waals surface area (Å²) in [5, 5.41) is 9.92. The molecule has 0 N–H and O–H groups in total. The quantitative estimate of drug-likeness (QED) is 0.640. The summed E-state index contributed by atoms with van der Waals surface area (Å²) in [7, 11) is 0. The molecule has 3 aromatic rings. The van der Waals surface area contributed by atoms with Crippen LogP contribution in [0.15, 0.2) is 54.9 Å². The summed E-state index contributed by atoms with van der Waals surface area (Å²) in [4.78, 5) is 0. The SMILES string of the molecule is N#Cc1cn2cccc2cc1-c1ccccc1Cl. The van der Waals surface area contributed by atoms with E-state index in [2.05, 4.69) is 6.07 Å². The van der Waals surface area contributed by atoms with E-state index in [1.807, 2.05) is 59.3 Å². The number of hydrogen-bond acceptors (Lipinski definition) is 1. The van der Waals surface area contributed by atoms with Crippen LogP contribution in [0.4, 0.5) is 0 Å². The molecule has 2 nitrogen and oxygen atoms in total. The van der Waals surface area contributed by atoms with E-state index in [0.717, 1.165) is 16.6 Å². The summed E-state index contributed by atoms with van der Waals surface area (Å²) in [6.45, 7) is 0. The second kappa shape index (κ2) is 4.21. The first-order valence-corrected chi connectivity index (χ1v) is 5.93. The van der Waals surface area contributed by atoms with E-state index in [1.165, 1.54) is 0 Å². The molecule has 0 unspecified atom stereocenters. The molecule has 86 valence electrons. The lowest BCUT2D eigenvalue weighted by Crippen LogP contribution is -1.90. The molecule has 3 rings (SSSR count). The van der Waals surface area contributed by atoms with Crippen molar-refractivity contribution in [3.05, 3.63) is 65.4 Å². The molecule has 1 aromatic carbocycles. The van der Waals surface area contributed by atoms with Crippen LogP contribution in [0.3, 0.4) is 0 Å². The predicted octanol–water partition coefficient (Wildman–Crippen LogP) is 4.13. The Morgan fingerprint density at radius 1 is 1.06 bits per heavy atom. The lowest BCUT2D eigenvalue weighted by Gasteiger charge is -2.07. The van der Waals surface area contributed by atoms with Crippen LogP contribution < -0.4 is 0 Å². The van der Waals surface area contributed by atoms with Crippen molar-refractivity contribution in [2.45, 2.75) is 0 Å². The zero-order valence-electron chi connectivity index (χ0n) is 9.47. The Morgan fingerprint density at radius 3 is 2.67 bits per heavy atom. The van der Waals surface area contributed by atoms with Crippen LogP contribution in [0.1, 0.15) is 5.56 Å². The molecule has 0 saturated carbocycles. The largest absolute Gasteiger partial charge is 0.323 e. The Balaban J connectivity index is 2.34. The fourth-order valence-corrected chi connectivity index (χ4v) is 2.31. The second-order valence-corrected chi connectivity index (χ2v) is 4.44. The van der Waals surface area contributed by atoms with Gasteiger partial charge >= 0.3 is 0 Å². The molecular formula is C15H9ClN2. The third-order valence-corrected chi connectivity index (χ3v) is 3.28. The van der Waals surface area contributed by atoms with Crippen LogP contribution in [0.25, 0.3) is 16.6 Å².